The number of carbonyl (C=O) groups excluding carboxylic acids is 4. The van der Waals surface area contributed by atoms with Gasteiger partial charge < -0.3 is 25.3 Å². The Balaban J connectivity index is 1.33. The third-order valence-corrected chi connectivity index (χ3v) is 8.11. The van der Waals surface area contributed by atoms with Gasteiger partial charge in [0.15, 0.2) is 0 Å². The Morgan fingerprint density at radius 1 is 0.800 bits per heavy atom. The molecule has 0 radical (unpaired) electrons. The zero-order valence-corrected chi connectivity index (χ0v) is 26.4. The van der Waals surface area contributed by atoms with Crippen LogP contribution in [0, 0.1) is 17.3 Å². The van der Waals surface area contributed by atoms with Crippen LogP contribution in [0.25, 0.3) is 11.1 Å². The summed E-state index contributed by atoms with van der Waals surface area (Å²) in [6.07, 6.45) is -1.16. The van der Waals surface area contributed by atoms with E-state index in [0.29, 0.717) is 0 Å². The number of rotatable bonds is 11. The van der Waals surface area contributed by atoms with E-state index in [1.54, 1.807) is 13.8 Å². The molecule has 45 heavy (non-hydrogen) atoms. The molecule has 3 atom stereocenters. The highest BCUT2D eigenvalue weighted by molar-refractivity contribution is 5.91. The molecule has 0 aromatic heterocycles. The second-order valence-electron chi connectivity index (χ2n) is 12.8. The summed E-state index contributed by atoms with van der Waals surface area (Å²) in [7, 11) is 0. The maximum absolute atomic E-state index is 13.1. The van der Waals surface area contributed by atoms with Gasteiger partial charge in [0.05, 0.1) is 12.0 Å². The van der Waals surface area contributed by atoms with Crippen LogP contribution < -0.4 is 11.1 Å². The Labute approximate surface area is 264 Å². The third-order valence-electron chi connectivity index (χ3n) is 8.11. The molecule has 0 saturated carbocycles. The van der Waals surface area contributed by atoms with Crippen LogP contribution in [0.3, 0.4) is 0 Å². The molecule has 1 unspecified atom stereocenters. The van der Waals surface area contributed by atoms with Crippen LogP contribution in [0.4, 0.5) is 4.79 Å². The molecule has 0 bridgehead atoms. The average Bonchev–Trinajstić information content (AvgIpc) is 3.33. The van der Waals surface area contributed by atoms with E-state index < -0.39 is 53.3 Å². The van der Waals surface area contributed by atoms with Crippen molar-refractivity contribution in [3.63, 3.8) is 0 Å². The highest BCUT2D eigenvalue weighted by atomic mass is 16.7. The van der Waals surface area contributed by atoms with Crippen molar-refractivity contribution in [3.8, 4) is 11.1 Å². The predicted molar refractivity (Wildman–Crippen MR) is 170 cm³/mol. The smallest absolute Gasteiger partial charge is 0.461 e. The maximum atomic E-state index is 13.1. The fraction of sp³-hybridized carbons (Fsp3) is 0.389. The first-order valence-corrected chi connectivity index (χ1v) is 15.2. The summed E-state index contributed by atoms with van der Waals surface area (Å²) in [5, 5.41) is 2.60. The summed E-state index contributed by atoms with van der Waals surface area (Å²) in [5.74, 6) is -3.39. The van der Waals surface area contributed by atoms with Crippen LogP contribution >= 0.6 is 0 Å². The second kappa shape index (κ2) is 14.5. The zero-order chi connectivity index (χ0) is 32.7. The lowest BCUT2D eigenvalue weighted by Crippen LogP contribution is -2.52. The molecule has 4 rings (SSSR count). The summed E-state index contributed by atoms with van der Waals surface area (Å²) < 4.78 is 15.9. The lowest BCUT2D eigenvalue weighted by molar-refractivity contribution is -0.155. The number of amides is 1. The van der Waals surface area contributed by atoms with Crippen molar-refractivity contribution < 1.29 is 33.4 Å². The summed E-state index contributed by atoms with van der Waals surface area (Å²) in [6.45, 7) is 9.10. The number of fused-ring (bicyclic) bond motifs is 3. The first-order chi connectivity index (χ1) is 21.4. The Morgan fingerprint density at radius 2 is 1.36 bits per heavy atom. The average molecular weight is 615 g/mol. The number of hydrogen-bond donors (Lipinski definition) is 2. The minimum Gasteiger partial charge on any atom is -0.461 e. The standard InChI is InChI=1S/C36H42N2O7/c1-22(2)31(38-32(39)30(37)19-29(36(3,4)5)33(40)43-20-23-13-7-6-8-14-23)34(41)45-35(42)44-21-28-26-17-11-9-15-24(26)25-16-10-12-18-27(25)28/h6-18,22,28-31H,19-21,37H2,1-5H3,(H,38,39)/t29?,30-,31-/m0/s1. The zero-order valence-electron chi connectivity index (χ0n) is 26.4. The van der Waals surface area contributed by atoms with Gasteiger partial charge in [-0.3, -0.25) is 9.59 Å². The van der Waals surface area contributed by atoms with Gasteiger partial charge in [-0.25, -0.2) is 9.59 Å². The lowest BCUT2D eigenvalue weighted by Gasteiger charge is -2.31. The van der Waals surface area contributed by atoms with Gasteiger partial charge >= 0.3 is 18.1 Å². The molecule has 0 aliphatic heterocycles. The molecule has 1 aliphatic carbocycles. The molecule has 1 amide bonds. The quantitative estimate of drug-likeness (QED) is 0.206. The summed E-state index contributed by atoms with van der Waals surface area (Å²) in [4.78, 5) is 51.8. The fourth-order valence-corrected chi connectivity index (χ4v) is 5.52. The molecule has 3 aromatic rings. The van der Waals surface area contributed by atoms with E-state index in [9.17, 15) is 19.2 Å². The number of esters is 2. The summed E-state index contributed by atoms with van der Waals surface area (Å²) >= 11 is 0. The van der Waals surface area contributed by atoms with Gasteiger partial charge in [-0.05, 0) is 45.6 Å². The molecule has 0 saturated heterocycles. The van der Waals surface area contributed by atoms with Crippen molar-refractivity contribution in [1.29, 1.82) is 0 Å². The van der Waals surface area contributed by atoms with Crippen LogP contribution in [0.2, 0.25) is 0 Å². The van der Waals surface area contributed by atoms with E-state index in [1.165, 1.54) is 0 Å². The number of carbonyl (C=O) groups is 4. The Bertz CT molecular complexity index is 1470. The minimum atomic E-state index is -1.16. The second-order valence-corrected chi connectivity index (χ2v) is 12.8. The van der Waals surface area contributed by atoms with Crippen LogP contribution in [-0.2, 0) is 35.2 Å². The number of benzene rings is 3. The highest BCUT2D eigenvalue weighted by Crippen LogP contribution is 2.44. The highest BCUT2D eigenvalue weighted by Gasteiger charge is 2.37. The predicted octanol–water partition coefficient (Wildman–Crippen LogP) is 5.74. The summed E-state index contributed by atoms with van der Waals surface area (Å²) in [5.41, 5.74) is 10.7. The molecule has 0 spiro atoms. The van der Waals surface area contributed by atoms with Crippen molar-refractivity contribution in [2.24, 2.45) is 23.0 Å². The number of nitrogens with two attached hydrogens (primary N) is 1. The topological polar surface area (TPSA) is 134 Å². The molecular formula is C36H42N2O7. The number of nitrogens with one attached hydrogen (secondary N) is 1. The van der Waals surface area contributed by atoms with Crippen LogP contribution in [-0.4, -0.2) is 42.7 Å². The molecule has 1 aliphatic rings. The molecule has 9 heteroatoms. The molecule has 0 fully saturated rings. The van der Waals surface area contributed by atoms with Gasteiger partial charge in [0.1, 0.15) is 19.3 Å². The van der Waals surface area contributed by atoms with Crippen molar-refractivity contribution in [3.05, 3.63) is 95.6 Å². The van der Waals surface area contributed by atoms with Crippen LogP contribution in [0.15, 0.2) is 78.9 Å². The van der Waals surface area contributed by atoms with E-state index >= 15 is 0 Å². The van der Waals surface area contributed by atoms with Crippen molar-refractivity contribution >= 4 is 24.0 Å². The van der Waals surface area contributed by atoms with E-state index in [1.807, 2.05) is 99.6 Å². The van der Waals surface area contributed by atoms with Crippen molar-refractivity contribution in [1.82, 2.24) is 5.32 Å². The van der Waals surface area contributed by atoms with Crippen molar-refractivity contribution in [2.75, 3.05) is 6.61 Å². The third kappa shape index (κ3) is 8.36. The van der Waals surface area contributed by atoms with Crippen LogP contribution in [0.5, 0.6) is 0 Å². The Kier molecular flexibility index (Phi) is 10.8. The molecule has 0 heterocycles. The fourth-order valence-electron chi connectivity index (χ4n) is 5.52. The van der Waals surface area contributed by atoms with Gasteiger partial charge in [0, 0.05) is 5.92 Å². The van der Waals surface area contributed by atoms with E-state index in [0.717, 1.165) is 27.8 Å². The van der Waals surface area contributed by atoms with Gasteiger partial charge in [-0.15, -0.1) is 0 Å². The van der Waals surface area contributed by atoms with Gasteiger partial charge in [0.2, 0.25) is 5.91 Å². The minimum absolute atomic E-state index is 0.00476. The molecule has 3 aromatic carbocycles. The monoisotopic (exact) mass is 614 g/mol. The maximum Gasteiger partial charge on any atom is 0.516 e. The van der Waals surface area contributed by atoms with E-state index in [-0.39, 0.29) is 25.6 Å². The Morgan fingerprint density at radius 3 is 1.91 bits per heavy atom. The Hall–Kier alpha value is -4.50. The first kappa shape index (κ1) is 33.4. The van der Waals surface area contributed by atoms with Crippen molar-refractivity contribution in [2.45, 2.75) is 65.6 Å². The molecule has 3 N–H and O–H groups in total. The van der Waals surface area contributed by atoms with Gasteiger partial charge in [0.25, 0.3) is 0 Å². The first-order valence-electron chi connectivity index (χ1n) is 15.2. The van der Waals surface area contributed by atoms with Gasteiger partial charge in [-0.2, -0.15) is 0 Å². The van der Waals surface area contributed by atoms with Crippen LogP contribution in [0.1, 0.15) is 63.6 Å². The SMILES string of the molecule is CC(C)[C@H](NC(=O)[C@@H](N)CC(C(=O)OCc1ccccc1)C(C)(C)C)C(=O)OC(=O)OCC1c2ccccc2-c2ccccc21. The van der Waals surface area contributed by atoms with Gasteiger partial charge in [-0.1, -0.05) is 113 Å². The molecule has 238 valence electrons. The molecule has 9 nitrogen and oxygen atoms in total. The molecular weight excluding hydrogens is 572 g/mol. The largest absolute Gasteiger partial charge is 0.516 e. The van der Waals surface area contributed by atoms with E-state index in [2.05, 4.69) is 5.32 Å². The number of ether oxygens (including phenoxy) is 3. The van der Waals surface area contributed by atoms with E-state index in [4.69, 9.17) is 19.9 Å². The summed E-state index contributed by atoms with van der Waals surface area (Å²) in [6, 6.07) is 22.8. The number of hydrogen-bond acceptors (Lipinski definition) is 8. The lowest BCUT2D eigenvalue weighted by atomic mass is 9.77. The normalized spacial score (nSPS) is 14.5.